The van der Waals surface area contributed by atoms with Crippen LogP contribution in [0.1, 0.15) is 32.6 Å². The lowest BCUT2D eigenvalue weighted by atomic mass is 10.0. The highest BCUT2D eigenvalue weighted by Crippen LogP contribution is 2.23. The first-order chi connectivity index (χ1) is 8.33. The molecule has 3 fully saturated rings. The van der Waals surface area contributed by atoms with Crippen LogP contribution in [0.25, 0.3) is 0 Å². The highest BCUT2D eigenvalue weighted by Gasteiger charge is 2.31. The van der Waals surface area contributed by atoms with Crippen LogP contribution in [-0.4, -0.2) is 61.2 Å². The molecule has 0 radical (unpaired) electrons. The second-order valence-corrected chi connectivity index (χ2v) is 6.24. The van der Waals surface area contributed by atoms with Crippen LogP contribution in [0.3, 0.4) is 0 Å². The van der Waals surface area contributed by atoms with E-state index in [2.05, 4.69) is 22.0 Å². The molecule has 3 aliphatic rings. The Labute approximate surface area is 106 Å². The predicted octanol–water partition coefficient (Wildman–Crippen LogP) is 1.15. The number of nitrogens with zero attached hydrogens (tertiary/aromatic N) is 2. The number of hydrogen-bond acceptors (Lipinski definition) is 3. The van der Waals surface area contributed by atoms with E-state index in [0.29, 0.717) is 0 Å². The minimum Gasteiger partial charge on any atom is -0.314 e. The Kier molecular flexibility index (Phi) is 3.69. The maximum atomic E-state index is 3.58. The fraction of sp³-hybridized carbons (Fsp3) is 1.00. The van der Waals surface area contributed by atoms with Gasteiger partial charge < -0.3 is 10.2 Å². The van der Waals surface area contributed by atoms with Crippen molar-refractivity contribution in [3.63, 3.8) is 0 Å². The van der Waals surface area contributed by atoms with E-state index in [4.69, 9.17) is 0 Å². The first-order valence-electron chi connectivity index (χ1n) is 7.53. The van der Waals surface area contributed by atoms with E-state index in [-0.39, 0.29) is 0 Å². The molecule has 3 unspecified atom stereocenters. The minimum atomic E-state index is 0.734. The van der Waals surface area contributed by atoms with Gasteiger partial charge in [0.05, 0.1) is 0 Å². The van der Waals surface area contributed by atoms with Gasteiger partial charge in [0.1, 0.15) is 0 Å². The zero-order chi connectivity index (χ0) is 11.7. The average molecular weight is 237 g/mol. The monoisotopic (exact) mass is 237 g/mol. The molecule has 0 aliphatic carbocycles. The van der Waals surface area contributed by atoms with Gasteiger partial charge in [-0.05, 0) is 64.7 Å². The molecular formula is C14H27N3. The van der Waals surface area contributed by atoms with Gasteiger partial charge in [0, 0.05) is 25.2 Å². The Morgan fingerprint density at radius 1 is 1.12 bits per heavy atom. The van der Waals surface area contributed by atoms with E-state index in [1.54, 1.807) is 0 Å². The minimum absolute atomic E-state index is 0.734. The van der Waals surface area contributed by atoms with Gasteiger partial charge in [-0.3, -0.25) is 4.90 Å². The molecule has 3 rings (SSSR count). The average Bonchev–Trinajstić information content (AvgIpc) is 2.86. The van der Waals surface area contributed by atoms with Gasteiger partial charge in [0.25, 0.3) is 0 Å². The molecule has 0 bridgehead atoms. The van der Waals surface area contributed by atoms with E-state index < -0.39 is 0 Å². The summed E-state index contributed by atoms with van der Waals surface area (Å²) in [5.41, 5.74) is 0. The molecule has 0 spiro atoms. The maximum Gasteiger partial charge on any atom is 0.0223 e. The highest BCUT2D eigenvalue weighted by atomic mass is 15.3. The van der Waals surface area contributed by atoms with E-state index in [9.17, 15) is 0 Å². The standard InChI is InChI=1S/C14H27N3/c1-12-13(5-6-15-12)10-16-7-3-9-17-8-2-4-14(17)11-16/h12-15H,2-11H2,1H3. The van der Waals surface area contributed by atoms with Gasteiger partial charge in [0.2, 0.25) is 0 Å². The van der Waals surface area contributed by atoms with Crippen LogP contribution in [0.4, 0.5) is 0 Å². The lowest BCUT2D eigenvalue weighted by Crippen LogP contribution is -2.40. The summed E-state index contributed by atoms with van der Waals surface area (Å²) in [4.78, 5) is 5.49. The SMILES string of the molecule is CC1NCCC1CN1CCCN2CCCC2C1. The number of fused-ring (bicyclic) bond motifs is 1. The van der Waals surface area contributed by atoms with Crippen molar-refractivity contribution in [2.45, 2.75) is 44.7 Å². The van der Waals surface area contributed by atoms with Gasteiger partial charge in [0.15, 0.2) is 0 Å². The maximum absolute atomic E-state index is 3.58. The molecule has 3 nitrogen and oxygen atoms in total. The van der Waals surface area contributed by atoms with Gasteiger partial charge in [-0.15, -0.1) is 0 Å². The van der Waals surface area contributed by atoms with E-state index in [0.717, 1.165) is 18.0 Å². The van der Waals surface area contributed by atoms with Crippen molar-refractivity contribution >= 4 is 0 Å². The third kappa shape index (κ3) is 2.67. The first-order valence-corrected chi connectivity index (χ1v) is 7.53. The summed E-state index contributed by atoms with van der Waals surface area (Å²) in [6, 6.07) is 1.61. The Balaban J connectivity index is 1.55. The molecule has 0 amide bonds. The Bertz CT molecular complexity index is 256. The topological polar surface area (TPSA) is 18.5 Å². The van der Waals surface area contributed by atoms with Crippen molar-refractivity contribution in [2.75, 3.05) is 39.3 Å². The van der Waals surface area contributed by atoms with Crippen molar-refractivity contribution in [1.82, 2.24) is 15.1 Å². The molecule has 0 aromatic carbocycles. The molecular weight excluding hydrogens is 210 g/mol. The molecule has 0 aromatic rings. The summed E-state index contributed by atoms with van der Waals surface area (Å²) in [7, 11) is 0. The fourth-order valence-electron chi connectivity index (χ4n) is 3.94. The number of nitrogens with one attached hydrogen (secondary N) is 1. The van der Waals surface area contributed by atoms with E-state index >= 15 is 0 Å². The van der Waals surface area contributed by atoms with E-state index in [1.807, 2.05) is 0 Å². The summed E-state index contributed by atoms with van der Waals surface area (Å²) in [6.07, 6.45) is 5.63. The van der Waals surface area contributed by atoms with Crippen LogP contribution >= 0.6 is 0 Å². The van der Waals surface area contributed by atoms with Gasteiger partial charge >= 0.3 is 0 Å². The Hall–Kier alpha value is -0.120. The van der Waals surface area contributed by atoms with Crippen LogP contribution in [0.15, 0.2) is 0 Å². The number of rotatable bonds is 2. The lowest BCUT2D eigenvalue weighted by Gasteiger charge is -2.28. The molecule has 0 aromatic heterocycles. The van der Waals surface area contributed by atoms with Crippen molar-refractivity contribution in [3.8, 4) is 0 Å². The summed E-state index contributed by atoms with van der Waals surface area (Å²) < 4.78 is 0. The molecule has 3 heterocycles. The zero-order valence-electron chi connectivity index (χ0n) is 11.2. The molecule has 3 aliphatic heterocycles. The fourth-order valence-corrected chi connectivity index (χ4v) is 3.94. The van der Waals surface area contributed by atoms with Gasteiger partial charge in [-0.1, -0.05) is 0 Å². The van der Waals surface area contributed by atoms with Crippen molar-refractivity contribution in [3.05, 3.63) is 0 Å². The van der Waals surface area contributed by atoms with Crippen LogP contribution in [0.2, 0.25) is 0 Å². The predicted molar refractivity (Wildman–Crippen MR) is 71.2 cm³/mol. The second kappa shape index (κ2) is 5.25. The Morgan fingerprint density at radius 2 is 2.00 bits per heavy atom. The summed E-state index contributed by atoms with van der Waals surface area (Å²) >= 11 is 0. The molecule has 3 heteroatoms. The lowest BCUT2D eigenvalue weighted by molar-refractivity contribution is 0.194. The normalized spacial score (nSPS) is 40.4. The third-order valence-corrected chi connectivity index (χ3v) is 5.07. The van der Waals surface area contributed by atoms with Crippen molar-refractivity contribution in [2.24, 2.45) is 5.92 Å². The van der Waals surface area contributed by atoms with E-state index in [1.165, 1.54) is 65.0 Å². The van der Waals surface area contributed by atoms with Gasteiger partial charge in [-0.2, -0.15) is 0 Å². The quantitative estimate of drug-likeness (QED) is 0.777. The zero-order valence-corrected chi connectivity index (χ0v) is 11.2. The van der Waals surface area contributed by atoms with Crippen LogP contribution in [0.5, 0.6) is 0 Å². The largest absolute Gasteiger partial charge is 0.314 e. The smallest absolute Gasteiger partial charge is 0.0223 e. The van der Waals surface area contributed by atoms with Crippen molar-refractivity contribution < 1.29 is 0 Å². The third-order valence-electron chi connectivity index (χ3n) is 5.07. The second-order valence-electron chi connectivity index (χ2n) is 6.24. The first kappa shape index (κ1) is 11.9. The summed E-state index contributed by atoms with van der Waals surface area (Å²) in [5, 5.41) is 3.58. The molecule has 3 atom stereocenters. The van der Waals surface area contributed by atoms with Crippen LogP contribution in [0, 0.1) is 5.92 Å². The molecule has 1 N–H and O–H groups in total. The van der Waals surface area contributed by atoms with Gasteiger partial charge in [-0.25, -0.2) is 0 Å². The molecule has 98 valence electrons. The van der Waals surface area contributed by atoms with Crippen molar-refractivity contribution in [1.29, 1.82) is 0 Å². The molecule has 17 heavy (non-hydrogen) atoms. The number of hydrogen-bond donors (Lipinski definition) is 1. The van der Waals surface area contributed by atoms with Crippen LogP contribution in [-0.2, 0) is 0 Å². The molecule has 3 saturated heterocycles. The molecule has 0 saturated carbocycles. The highest BCUT2D eigenvalue weighted by molar-refractivity contribution is 4.88. The summed E-state index contributed by atoms with van der Waals surface area (Å²) in [6.45, 7) is 10.3. The summed E-state index contributed by atoms with van der Waals surface area (Å²) in [5.74, 6) is 0.892. The Morgan fingerprint density at radius 3 is 2.82 bits per heavy atom. The van der Waals surface area contributed by atoms with Crippen LogP contribution < -0.4 is 5.32 Å².